The maximum atomic E-state index is 12.9. The van der Waals surface area contributed by atoms with Gasteiger partial charge in [-0.2, -0.15) is 0 Å². The van der Waals surface area contributed by atoms with Gasteiger partial charge < -0.3 is 10.2 Å². The van der Waals surface area contributed by atoms with Crippen molar-refractivity contribution in [3.05, 3.63) is 65.7 Å². The lowest BCUT2D eigenvalue weighted by Crippen LogP contribution is -2.51. The summed E-state index contributed by atoms with van der Waals surface area (Å²) >= 11 is 0. The van der Waals surface area contributed by atoms with Crippen molar-refractivity contribution in [1.29, 1.82) is 0 Å². The first-order chi connectivity index (χ1) is 11.3. The Morgan fingerprint density at radius 1 is 1.09 bits per heavy atom. The van der Waals surface area contributed by atoms with Crippen molar-refractivity contribution in [3.63, 3.8) is 0 Å². The number of benzene rings is 2. The van der Waals surface area contributed by atoms with Gasteiger partial charge in [0.2, 0.25) is 0 Å². The molecule has 0 spiro atoms. The van der Waals surface area contributed by atoms with E-state index in [0.717, 1.165) is 31.5 Å². The number of carbonyl (C=O) groups is 1. The van der Waals surface area contributed by atoms with E-state index in [0.29, 0.717) is 12.2 Å². The third kappa shape index (κ3) is 2.77. The second-order valence-electron chi connectivity index (χ2n) is 6.51. The van der Waals surface area contributed by atoms with Gasteiger partial charge in [-0.25, -0.2) is 0 Å². The van der Waals surface area contributed by atoms with Gasteiger partial charge in [0.15, 0.2) is 5.78 Å². The molecule has 2 atom stereocenters. The zero-order valence-corrected chi connectivity index (χ0v) is 13.2. The molecule has 3 nitrogen and oxygen atoms in total. The predicted octanol–water partition coefficient (Wildman–Crippen LogP) is 2.59. The molecule has 2 aliphatic heterocycles. The molecule has 0 radical (unpaired) electrons. The highest BCUT2D eigenvalue weighted by molar-refractivity contribution is 5.88. The Hall–Kier alpha value is -2.13. The number of rotatable bonds is 3. The van der Waals surface area contributed by atoms with Crippen LogP contribution in [0.1, 0.15) is 17.5 Å². The maximum absolute atomic E-state index is 12.9. The molecule has 0 aromatic heterocycles. The molecule has 0 bridgehead atoms. The average molecular weight is 306 g/mol. The molecule has 0 aliphatic carbocycles. The van der Waals surface area contributed by atoms with E-state index in [1.165, 1.54) is 11.3 Å². The van der Waals surface area contributed by atoms with Crippen molar-refractivity contribution in [2.75, 3.05) is 18.0 Å². The number of ketones is 1. The van der Waals surface area contributed by atoms with Crippen molar-refractivity contribution in [1.82, 2.24) is 5.32 Å². The number of hydrogen-bond acceptors (Lipinski definition) is 3. The van der Waals surface area contributed by atoms with E-state index >= 15 is 0 Å². The molecule has 2 aliphatic rings. The fraction of sp³-hybridized carbons (Fsp3) is 0.350. The Morgan fingerprint density at radius 2 is 1.87 bits per heavy atom. The Bertz CT molecular complexity index is 698. The van der Waals surface area contributed by atoms with Gasteiger partial charge in [-0.1, -0.05) is 48.5 Å². The Labute approximate surface area is 137 Å². The van der Waals surface area contributed by atoms with Crippen LogP contribution in [0.2, 0.25) is 0 Å². The molecule has 118 valence electrons. The van der Waals surface area contributed by atoms with Crippen LogP contribution in [0.3, 0.4) is 0 Å². The van der Waals surface area contributed by atoms with Crippen LogP contribution < -0.4 is 10.2 Å². The minimum absolute atomic E-state index is 0.0786. The SMILES string of the molecule is O=C(Cc1ccccc1)C1NCCCN2c3ccccc3CC12. The summed E-state index contributed by atoms with van der Waals surface area (Å²) in [5.74, 6) is 0.306. The molecule has 2 aromatic rings. The molecule has 23 heavy (non-hydrogen) atoms. The number of anilines is 1. The third-order valence-corrected chi connectivity index (χ3v) is 5.02. The first kappa shape index (κ1) is 14.5. The molecule has 1 N–H and O–H groups in total. The molecule has 1 saturated heterocycles. The molecule has 4 rings (SSSR count). The summed E-state index contributed by atoms with van der Waals surface area (Å²) in [6.07, 6.45) is 2.56. The minimum atomic E-state index is -0.0786. The summed E-state index contributed by atoms with van der Waals surface area (Å²) in [6, 6.07) is 18.8. The van der Waals surface area contributed by atoms with E-state index in [-0.39, 0.29) is 12.1 Å². The molecule has 3 heteroatoms. The standard InChI is InChI=1S/C20H22N2O/c23-19(13-15-7-2-1-3-8-15)20-18-14-16-9-4-5-10-17(16)22(18)12-6-11-21-20/h1-5,7-10,18,20-21H,6,11-14H2. The van der Waals surface area contributed by atoms with Crippen LogP contribution in [0.5, 0.6) is 0 Å². The van der Waals surface area contributed by atoms with E-state index in [1.54, 1.807) is 0 Å². The fourth-order valence-electron chi connectivity index (χ4n) is 3.94. The number of Topliss-reactive ketones (excluding diaryl/α,β-unsaturated/α-hetero) is 1. The minimum Gasteiger partial charge on any atom is -0.366 e. The van der Waals surface area contributed by atoms with Crippen LogP contribution in [0, 0.1) is 0 Å². The lowest BCUT2D eigenvalue weighted by atomic mass is 9.95. The number of para-hydroxylation sites is 1. The zero-order valence-electron chi connectivity index (χ0n) is 13.2. The number of carbonyl (C=O) groups excluding carboxylic acids is 1. The van der Waals surface area contributed by atoms with Crippen LogP contribution in [0.25, 0.3) is 0 Å². The van der Waals surface area contributed by atoms with Gasteiger partial charge in [-0.3, -0.25) is 4.79 Å². The summed E-state index contributed by atoms with van der Waals surface area (Å²) in [7, 11) is 0. The fourth-order valence-corrected chi connectivity index (χ4v) is 3.94. The Morgan fingerprint density at radius 3 is 2.74 bits per heavy atom. The summed E-state index contributed by atoms with van der Waals surface area (Å²) in [4.78, 5) is 15.4. The molecule has 2 unspecified atom stereocenters. The largest absolute Gasteiger partial charge is 0.366 e. The summed E-state index contributed by atoms with van der Waals surface area (Å²) in [5.41, 5.74) is 3.79. The van der Waals surface area contributed by atoms with Crippen LogP contribution in [0.4, 0.5) is 5.69 Å². The van der Waals surface area contributed by atoms with Crippen molar-refractivity contribution in [2.45, 2.75) is 31.3 Å². The molecule has 1 fully saturated rings. The monoisotopic (exact) mass is 306 g/mol. The van der Waals surface area contributed by atoms with Gasteiger partial charge in [-0.15, -0.1) is 0 Å². The van der Waals surface area contributed by atoms with Crippen molar-refractivity contribution < 1.29 is 4.79 Å². The Balaban J connectivity index is 1.58. The second kappa shape index (κ2) is 6.17. The summed E-state index contributed by atoms with van der Waals surface area (Å²) in [5, 5.41) is 3.52. The lowest BCUT2D eigenvalue weighted by Gasteiger charge is -2.30. The third-order valence-electron chi connectivity index (χ3n) is 5.02. The Kier molecular flexibility index (Phi) is 3.88. The molecule has 0 saturated carbocycles. The quantitative estimate of drug-likeness (QED) is 0.946. The number of fused-ring (bicyclic) bond motifs is 3. The van der Waals surface area contributed by atoms with E-state index in [1.807, 2.05) is 30.3 Å². The molecular weight excluding hydrogens is 284 g/mol. The molecule has 0 amide bonds. The topological polar surface area (TPSA) is 32.3 Å². The van der Waals surface area contributed by atoms with E-state index in [9.17, 15) is 4.79 Å². The first-order valence-electron chi connectivity index (χ1n) is 8.47. The van der Waals surface area contributed by atoms with E-state index < -0.39 is 0 Å². The number of nitrogens with zero attached hydrogens (tertiary/aromatic N) is 1. The van der Waals surface area contributed by atoms with Crippen LogP contribution in [-0.2, 0) is 17.6 Å². The van der Waals surface area contributed by atoms with Crippen molar-refractivity contribution >= 4 is 11.5 Å². The van der Waals surface area contributed by atoms with Gasteiger partial charge in [0.1, 0.15) is 0 Å². The van der Waals surface area contributed by atoms with Gasteiger partial charge in [0.25, 0.3) is 0 Å². The number of nitrogens with one attached hydrogen (secondary N) is 1. The van der Waals surface area contributed by atoms with Gasteiger partial charge >= 0.3 is 0 Å². The van der Waals surface area contributed by atoms with E-state index in [4.69, 9.17) is 0 Å². The van der Waals surface area contributed by atoms with Gasteiger partial charge in [0.05, 0.1) is 12.1 Å². The van der Waals surface area contributed by atoms with Crippen molar-refractivity contribution in [2.24, 2.45) is 0 Å². The van der Waals surface area contributed by atoms with Crippen LogP contribution in [-0.4, -0.2) is 31.0 Å². The van der Waals surface area contributed by atoms with Crippen molar-refractivity contribution in [3.8, 4) is 0 Å². The lowest BCUT2D eigenvalue weighted by molar-refractivity contribution is -0.120. The average Bonchev–Trinajstić information content (AvgIpc) is 2.81. The summed E-state index contributed by atoms with van der Waals surface area (Å²) < 4.78 is 0. The maximum Gasteiger partial charge on any atom is 0.156 e. The predicted molar refractivity (Wildman–Crippen MR) is 92.8 cm³/mol. The highest BCUT2D eigenvalue weighted by atomic mass is 16.1. The zero-order chi connectivity index (χ0) is 15.6. The second-order valence-corrected chi connectivity index (χ2v) is 6.51. The summed E-state index contributed by atoms with van der Waals surface area (Å²) in [6.45, 7) is 1.95. The molecule has 2 heterocycles. The highest BCUT2D eigenvalue weighted by Gasteiger charge is 2.39. The van der Waals surface area contributed by atoms with Crippen LogP contribution in [0.15, 0.2) is 54.6 Å². The molecular formula is C20H22N2O. The first-order valence-corrected chi connectivity index (χ1v) is 8.47. The highest BCUT2D eigenvalue weighted by Crippen LogP contribution is 2.34. The normalized spacial score (nSPS) is 23.0. The van der Waals surface area contributed by atoms with E-state index in [2.05, 4.69) is 34.5 Å². The smallest absolute Gasteiger partial charge is 0.156 e. The van der Waals surface area contributed by atoms with Crippen LogP contribution >= 0.6 is 0 Å². The molecule has 2 aromatic carbocycles. The number of hydrogen-bond donors (Lipinski definition) is 1. The van der Waals surface area contributed by atoms with Gasteiger partial charge in [0, 0.05) is 18.7 Å². The van der Waals surface area contributed by atoms with Gasteiger partial charge in [-0.05, 0) is 36.6 Å².